The summed E-state index contributed by atoms with van der Waals surface area (Å²) in [6, 6.07) is 6.21. The van der Waals surface area contributed by atoms with Crippen LogP contribution in [0.5, 0.6) is 0 Å². The Bertz CT molecular complexity index is 355. The van der Waals surface area contributed by atoms with Crippen LogP contribution < -0.4 is 4.90 Å². The van der Waals surface area contributed by atoms with E-state index < -0.39 is 0 Å². The predicted octanol–water partition coefficient (Wildman–Crippen LogP) is 2.54. The highest BCUT2D eigenvalue weighted by Crippen LogP contribution is 2.27. The molecule has 1 rings (SSSR count). The highest BCUT2D eigenvalue weighted by atomic mass is 79.9. The molecule has 0 aliphatic carbocycles. The number of hydrogen-bond donors (Lipinski definition) is 2. The molecule has 1 aromatic carbocycles. The average Bonchev–Trinajstić information content (AvgIpc) is 2.29. The molecular formula is C13H20BrNO2. The van der Waals surface area contributed by atoms with Crippen molar-refractivity contribution in [3.8, 4) is 0 Å². The lowest BCUT2D eigenvalue weighted by atomic mass is 10.1. The third kappa shape index (κ3) is 3.98. The van der Waals surface area contributed by atoms with Crippen LogP contribution in [0.2, 0.25) is 0 Å². The molecule has 3 nitrogen and oxygen atoms in total. The highest BCUT2D eigenvalue weighted by Gasteiger charge is 2.14. The molecule has 0 spiro atoms. The molecule has 0 saturated carbocycles. The minimum Gasteiger partial charge on any atom is -0.396 e. The minimum atomic E-state index is 0.0327. The van der Waals surface area contributed by atoms with Gasteiger partial charge in [-0.25, -0.2) is 0 Å². The zero-order chi connectivity index (χ0) is 12.8. The number of nitrogens with zero attached hydrogens (tertiary/aromatic N) is 1. The summed E-state index contributed by atoms with van der Waals surface area (Å²) >= 11 is 3.45. The van der Waals surface area contributed by atoms with Crippen LogP contribution in [-0.2, 0) is 6.61 Å². The number of aliphatic hydroxyl groups is 2. The molecule has 0 aliphatic rings. The summed E-state index contributed by atoms with van der Waals surface area (Å²) in [6.45, 7) is 5.23. The first kappa shape index (κ1) is 14.5. The number of aliphatic hydroxyl groups excluding tert-OH is 2. The Labute approximate surface area is 111 Å². The molecule has 0 radical (unpaired) electrons. The standard InChI is InChI=1S/C13H20BrNO2/c1-10(2)15(6-3-7-16)13-8-12(14)5-4-11(13)9-17/h4-5,8,10,16-17H,3,6-7,9H2,1-2H3. The maximum absolute atomic E-state index is 9.37. The van der Waals surface area contributed by atoms with Gasteiger partial charge in [-0.2, -0.15) is 0 Å². The van der Waals surface area contributed by atoms with Crippen LogP contribution in [0.1, 0.15) is 25.8 Å². The van der Waals surface area contributed by atoms with Gasteiger partial charge in [-0.3, -0.25) is 0 Å². The van der Waals surface area contributed by atoms with Crippen molar-refractivity contribution in [3.63, 3.8) is 0 Å². The molecule has 96 valence electrons. The normalized spacial score (nSPS) is 10.9. The third-order valence-electron chi connectivity index (χ3n) is 2.71. The van der Waals surface area contributed by atoms with Crippen molar-refractivity contribution in [3.05, 3.63) is 28.2 Å². The Morgan fingerprint density at radius 2 is 2.00 bits per heavy atom. The minimum absolute atomic E-state index is 0.0327. The molecule has 4 heteroatoms. The molecule has 1 aromatic rings. The van der Waals surface area contributed by atoms with E-state index in [1.807, 2.05) is 18.2 Å². The molecular weight excluding hydrogens is 282 g/mol. The van der Waals surface area contributed by atoms with E-state index in [9.17, 15) is 5.11 Å². The Morgan fingerprint density at radius 1 is 1.29 bits per heavy atom. The second-order valence-corrected chi connectivity index (χ2v) is 5.21. The molecule has 0 amide bonds. The number of halogens is 1. The van der Waals surface area contributed by atoms with Crippen LogP contribution in [0.25, 0.3) is 0 Å². The van der Waals surface area contributed by atoms with Crippen LogP contribution >= 0.6 is 15.9 Å². The summed E-state index contributed by atoms with van der Waals surface area (Å²) in [5.74, 6) is 0. The molecule has 0 unspecified atom stereocenters. The maximum atomic E-state index is 9.37. The van der Waals surface area contributed by atoms with Crippen molar-refractivity contribution in [2.24, 2.45) is 0 Å². The Morgan fingerprint density at radius 3 is 2.53 bits per heavy atom. The fourth-order valence-electron chi connectivity index (χ4n) is 1.84. The summed E-state index contributed by atoms with van der Waals surface area (Å²) < 4.78 is 0.999. The van der Waals surface area contributed by atoms with Crippen LogP contribution in [0, 0.1) is 0 Å². The number of anilines is 1. The van der Waals surface area contributed by atoms with Crippen LogP contribution in [-0.4, -0.2) is 29.4 Å². The molecule has 0 bridgehead atoms. The van der Waals surface area contributed by atoms with Crippen molar-refractivity contribution in [1.82, 2.24) is 0 Å². The van der Waals surface area contributed by atoms with E-state index in [1.54, 1.807) is 0 Å². The van der Waals surface area contributed by atoms with Gasteiger partial charge in [0.15, 0.2) is 0 Å². The smallest absolute Gasteiger partial charge is 0.0702 e. The van der Waals surface area contributed by atoms with Gasteiger partial charge in [0, 0.05) is 34.9 Å². The van der Waals surface area contributed by atoms with Crippen molar-refractivity contribution < 1.29 is 10.2 Å². The predicted molar refractivity (Wildman–Crippen MR) is 74.2 cm³/mol. The van der Waals surface area contributed by atoms with E-state index in [0.29, 0.717) is 6.04 Å². The van der Waals surface area contributed by atoms with Crippen LogP contribution in [0.15, 0.2) is 22.7 Å². The Kier molecular flexibility index (Phi) is 5.95. The topological polar surface area (TPSA) is 43.7 Å². The van der Waals surface area contributed by atoms with E-state index in [0.717, 1.165) is 28.7 Å². The first-order valence-electron chi connectivity index (χ1n) is 5.87. The highest BCUT2D eigenvalue weighted by molar-refractivity contribution is 9.10. The number of rotatable bonds is 6. The molecule has 17 heavy (non-hydrogen) atoms. The number of hydrogen-bond acceptors (Lipinski definition) is 3. The van der Waals surface area contributed by atoms with Gasteiger partial charge in [-0.15, -0.1) is 0 Å². The van der Waals surface area contributed by atoms with Gasteiger partial charge in [-0.1, -0.05) is 22.0 Å². The lowest BCUT2D eigenvalue weighted by Crippen LogP contribution is -2.33. The molecule has 0 fully saturated rings. The van der Waals surface area contributed by atoms with Gasteiger partial charge >= 0.3 is 0 Å². The Balaban J connectivity index is 3.02. The summed E-state index contributed by atoms with van der Waals surface area (Å²) in [6.07, 6.45) is 0.732. The summed E-state index contributed by atoms with van der Waals surface area (Å²) in [7, 11) is 0. The van der Waals surface area contributed by atoms with Crippen LogP contribution in [0.4, 0.5) is 5.69 Å². The molecule has 0 aromatic heterocycles. The van der Waals surface area contributed by atoms with Gasteiger partial charge in [0.05, 0.1) is 6.61 Å². The summed E-state index contributed by atoms with van der Waals surface area (Å²) in [4.78, 5) is 2.20. The second-order valence-electron chi connectivity index (χ2n) is 4.30. The monoisotopic (exact) mass is 301 g/mol. The second kappa shape index (κ2) is 6.99. The summed E-state index contributed by atoms with van der Waals surface area (Å²) in [5, 5.41) is 18.3. The molecule has 2 N–H and O–H groups in total. The maximum Gasteiger partial charge on any atom is 0.0702 e. The van der Waals surface area contributed by atoms with Crippen molar-refractivity contribution in [1.29, 1.82) is 0 Å². The quantitative estimate of drug-likeness (QED) is 0.849. The SMILES string of the molecule is CC(C)N(CCCO)c1cc(Br)ccc1CO. The number of benzene rings is 1. The van der Waals surface area contributed by atoms with Gasteiger partial charge in [-0.05, 0) is 32.4 Å². The van der Waals surface area contributed by atoms with E-state index in [2.05, 4.69) is 34.7 Å². The van der Waals surface area contributed by atoms with Gasteiger partial charge in [0.25, 0.3) is 0 Å². The van der Waals surface area contributed by atoms with E-state index in [-0.39, 0.29) is 13.2 Å². The van der Waals surface area contributed by atoms with Gasteiger partial charge < -0.3 is 15.1 Å². The molecule has 0 aliphatic heterocycles. The molecule has 0 atom stereocenters. The third-order valence-corrected chi connectivity index (χ3v) is 3.20. The first-order chi connectivity index (χ1) is 8.10. The molecule has 0 heterocycles. The van der Waals surface area contributed by atoms with E-state index in [1.165, 1.54) is 0 Å². The van der Waals surface area contributed by atoms with Crippen molar-refractivity contribution >= 4 is 21.6 Å². The van der Waals surface area contributed by atoms with Gasteiger partial charge in [0.2, 0.25) is 0 Å². The van der Waals surface area contributed by atoms with E-state index >= 15 is 0 Å². The van der Waals surface area contributed by atoms with Crippen molar-refractivity contribution in [2.45, 2.75) is 32.9 Å². The largest absolute Gasteiger partial charge is 0.396 e. The van der Waals surface area contributed by atoms with E-state index in [4.69, 9.17) is 5.11 Å². The lowest BCUT2D eigenvalue weighted by Gasteiger charge is -2.30. The van der Waals surface area contributed by atoms with Crippen LogP contribution in [0.3, 0.4) is 0 Å². The zero-order valence-electron chi connectivity index (χ0n) is 10.4. The molecule has 0 saturated heterocycles. The lowest BCUT2D eigenvalue weighted by molar-refractivity contribution is 0.280. The first-order valence-corrected chi connectivity index (χ1v) is 6.66. The average molecular weight is 302 g/mol. The Hall–Kier alpha value is -0.580. The summed E-state index contributed by atoms with van der Waals surface area (Å²) in [5.41, 5.74) is 1.95. The fourth-order valence-corrected chi connectivity index (χ4v) is 2.18. The fraction of sp³-hybridized carbons (Fsp3) is 0.538. The van der Waals surface area contributed by atoms with Gasteiger partial charge in [0.1, 0.15) is 0 Å². The van der Waals surface area contributed by atoms with Crippen molar-refractivity contribution in [2.75, 3.05) is 18.1 Å². The zero-order valence-corrected chi connectivity index (χ0v) is 11.9.